The molecule has 7 nitrogen and oxygen atoms in total. The topological polar surface area (TPSA) is 113 Å². The number of hydrogen-bond acceptors (Lipinski definition) is 5. The van der Waals surface area contributed by atoms with Crippen LogP contribution in [-0.2, 0) is 4.79 Å². The summed E-state index contributed by atoms with van der Waals surface area (Å²) in [6, 6.07) is 26.7. The van der Waals surface area contributed by atoms with Gasteiger partial charge in [-0.2, -0.15) is 5.26 Å². The third kappa shape index (κ3) is 4.60. The number of carboxylic acid groups (broad SMARTS) is 1. The van der Waals surface area contributed by atoms with E-state index in [-0.39, 0.29) is 22.8 Å². The molecule has 0 fully saturated rings. The van der Waals surface area contributed by atoms with E-state index in [0.717, 1.165) is 11.1 Å². The maximum atomic E-state index is 12.6. The third-order valence-corrected chi connectivity index (χ3v) is 4.85. The van der Waals surface area contributed by atoms with Crippen molar-refractivity contribution in [3.63, 3.8) is 0 Å². The first-order chi connectivity index (χ1) is 16.1. The molecule has 33 heavy (non-hydrogen) atoms. The number of anilines is 1. The molecule has 0 aliphatic rings. The van der Waals surface area contributed by atoms with Crippen LogP contribution in [0.15, 0.2) is 89.3 Å². The first kappa shape index (κ1) is 21.4. The Morgan fingerprint density at radius 2 is 1.52 bits per heavy atom. The summed E-state index contributed by atoms with van der Waals surface area (Å²) in [5.74, 6) is -1.25. The Kier molecular flexibility index (Phi) is 6.19. The lowest BCUT2D eigenvalue weighted by atomic mass is 9.98. The number of furan rings is 1. The van der Waals surface area contributed by atoms with Crippen LogP contribution in [0, 0.1) is 11.3 Å². The lowest BCUT2D eigenvalue weighted by molar-refractivity contribution is -0.118. The Morgan fingerprint density at radius 3 is 2.15 bits per heavy atom. The molecule has 4 rings (SSSR count). The van der Waals surface area contributed by atoms with Gasteiger partial charge in [0.1, 0.15) is 28.7 Å². The normalized spacial score (nSPS) is 10.3. The van der Waals surface area contributed by atoms with Crippen LogP contribution in [0.25, 0.3) is 22.5 Å². The van der Waals surface area contributed by atoms with Crippen LogP contribution in [0.5, 0.6) is 5.75 Å². The van der Waals surface area contributed by atoms with Crippen molar-refractivity contribution >= 4 is 17.8 Å². The summed E-state index contributed by atoms with van der Waals surface area (Å²) >= 11 is 0. The molecule has 0 aliphatic carbocycles. The van der Waals surface area contributed by atoms with Gasteiger partial charge in [0.15, 0.2) is 6.61 Å². The molecular weight excluding hydrogens is 420 g/mol. The first-order valence-corrected chi connectivity index (χ1v) is 10.0. The Balaban J connectivity index is 1.65. The smallest absolute Gasteiger partial charge is 0.339 e. The van der Waals surface area contributed by atoms with Crippen LogP contribution in [0.4, 0.5) is 5.88 Å². The number of amides is 1. The van der Waals surface area contributed by atoms with E-state index in [9.17, 15) is 20.0 Å². The fourth-order valence-electron chi connectivity index (χ4n) is 3.37. The summed E-state index contributed by atoms with van der Waals surface area (Å²) in [5, 5.41) is 21.7. The van der Waals surface area contributed by atoms with Gasteiger partial charge in [-0.1, -0.05) is 72.8 Å². The SMILES string of the molecule is N#Cc1c(NC(=O)COc2ccccc2C(=O)O)oc(-c2ccccc2)c1-c1ccccc1. The van der Waals surface area contributed by atoms with Crippen molar-refractivity contribution in [3.05, 3.63) is 96.1 Å². The Labute approximate surface area is 189 Å². The van der Waals surface area contributed by atoms with Gasteiger partial charge in [0.2, 0.25) is 5.88 Å². The van der Waals surface area contributed by atoms with Crippen LogP contribution in [0.2, 0.25) is 0 Å². The fourth-order valence-corrected chi connectivity index (χ4v) is 3.37. The van der Waals surface area contributed by atoms with Gasteiger partial charge < -0.3 is 14.3 Å². The number of nitrogens with zero attached hydrogens (tertiary/aromatic N) is 1. The minimum Gasteiger partial charge on any atom is -0.483 e. The highest BCUT2D eigenvalue weighted by Crippen LogP contribution is 2.41. The predicted octanol–water partition coefficient (Wildman–Crippen LogP) is 5.20. The Bertz CT molecular complexity index is 1340. The second-order valence-corrected chi connectivity index (χ2v) is 6.99. The molecular formula is C26H18N2O5. The van der Waals surface area contributed by atoms with Gasteiger partial charge in [0.05, 0.1) is 0 Å². The van der Waals surface area contributed by atoms with Gasteiger partial charge in [0, 0.05) is 11.1 Å². The van der Waals surface area contributed by atoms with Crippen LogP contribution in [0.3, 0.4) is 0 Å². The number of nitriles is 1. The molecule has 0 aliphatic heterocycles. The number of hydrogen-bond donors (Lipinski definition) is 2. The van der Waals surface area contributed by atoms with Crippen molar-refractivity contribution in [3.8, 4) is 34.3 Å². The summed E-state index contributed by atoms with van der Waals surface area (Å²) in [4.78, 5) is 23.9. The van der Waals surface area contributed by atoms with E-state index in [0.29, 0.717) is 11.3 Å². The van der Waals surface area contributed by atoms with Gasteiger partial charge in [-0.05, 0) is 17.7 Å². The van der Waals surface area contributed by atoms with E-state index in [1.165, 1.54) is 12.1 Å². The zero-order chi connectivity index (χ0) is 23.2. The highest BCUT2D eigenvalue weighted by atomic mass is 16.5. The van der Waals surface area contributed by atoms with E-state index in [1.807, 2.05) is 60.7 Å². The molecule has 162 valence electrons. The van der Waals surface area contributed by atoms with Gasteiger partial charge in [-0.3, -0.25) is 10.1 Å². The van der Waals surface area contributed by atoms with Crippen molar-refractivity contribution in [2.45, 2.75) is 0 Å². The van der Waals surface area contributed by atoms with Crippen LogP contribution in [0.1, 0.15) is 15.9 Å². The average Bonchev–Trinajstić information content (AvgIpc) is 3.22. The zero-order valence-electron chi connectivity index (χ0n) is 17.3. The van der Waals surface area contributed by atoms with Crippen molar-refractivity contribution in [1.29, 1.82) is 5.26 Å². The quantitative estimate of drug-likeness (QED) is 0.410. The number of carbonyl (C=O) groups is 2. The molecule has 0 spiro atoms. The number of aromatic carboxylic acids is 1. The van der Waals surface area contributed by atoms with Gasteiger partial charge in [-0.25, -0.2) is 4.79 Å². The maximum absolute atomic E-state index is 12.6. The predicted molar refractivity (Wildman–Crippen MR) is 122 cm³/mol. The second-order valence-electron chi connectivity index (χ2n) is 6.99. The number of carboxylic acids is 1. The number of ether oxygens (including phenoxy) is 1. The maximum Gasteiger partial charge on any atom is 0.339 e. The molecule has 1 aromatic heterocycles. The van der Waals surface area contributed by atoms with Gasteiger partial charge >= 0.3 is 5.97 Å². The van der Waals surface area contributed by atoms with Crippen molar-refractivity contribution in [1.82, 2.24) is 0 Å². The molecule has 7 heteroatoms. The first-order valence-electron chi connectivity index (χ1n) is 10.0. The molecule has 4 aromatic rings. The molecule has 1 amide bonds. The molecule has 0 saturated carbocycles. The number of carbonyl (C=O) groups excluding carboxylic acids is 1. The lowest BCUT2D eigenvalue weighted by Gasteiger charge is -2.08. The largest absolute Gasteiger partial charge is 0.483 e. The van der Waals surface area contributed by atoms with Crippen LogP contribution >= 0.6 is 0 Å². The number of para-hydroxylation sites is 1. The summed E-state index contributed by atoms with van der Waals surface area (Å²) < 4.78 is 11.4. The summed E-state index contributed by atoms with van der Waals surface area (Å²) in [5.41, 5.74) is 2.21. The summed E-state index contributed by atoms with van der Waals surface area (Å²) in [6.45, 7) is -0.461. The minimum atomic E-state index is -1.16. The molecule has 3 aromatic carbocycles. The zero-order valence-corrected chi connectivity index (χ0v) is 17.3. The van der Waals surface area contributed by atoms with E-state index in [2.05, 4.69) is 11.4 Å². The summed E-state index contributed by atoms with van der Waals surface area (Å²) in [7, 11) is 0. The second kappa shape index (κ2) is 9.54. The van der Waals surface area contributed by atoms with Gasteiger partial charge in [-0.15, -0.1) is 0 Å². The third-order valence-electron chi connectivity index (χ3n) is 4.85. The number of benzene rings is 3. The Hall–Kier alpha value is -4.83. The van der Waals surface area contributed by atoms with Crippen LogP contribution in [-0.4, -0.2) is 23.6 Å². The molecule has 1 heterocycles. The van der Waals surface area contributed by atoms with E-state index < -0.39 is 18.5 Å². The van der Waals surface area contributed by atoms with Crippen molar-refractivity contribution in [2.75, 3.05) is 11.9 Å². The molecule has 0 radical (unpaired) electrons. The molecule has 0 bridgehead atoms. The average molecular weight is 438 g/mol. The van der Waals surface area contributed by atoms with Gasteiger partial charge in [0.25, 0.3) is 5.91 Å². The number of nitrogens with one attached hydrogen (secondary N) is 1. The van der Waals surface area contributed by atoms with Crippen molar-refractivity contribution < 1.29 is 23.8 Å². The highest BCUT2D eigenvalue weighted by Gasteiger charge is 2.24. The minimum absolute atomic E-state index is 0.00433. The lowest BCUT2D eigenvalue weighted by Crippen LogP contribution is -2.21. The standard InChI is InChI=1S/C26H18N2O5/c27-15-20-23(17-9-3-1-4-10-17)24(18-11-5-2-6-12-18)33-25(20)28-22(29)16-32-21-14-8-7-13-19(21)26(30)31/h1-14H,16H2,(H,28,29)(H,30,31). The molecule has 0 atom stereocenters. The fraction of sp³-hybridized carbons (Fsp3) is 0.0385. The Morgan fingerprint density at radius 1 is 0.909 bits per heavy atom. The van der Waals surface area contributed by atoms with E-state index in [4.69, 9.17) is 9.15 Å². The van der Waals surface area contributed by atoms with Crippen molar-refractivity contribution in [2.24, 2.45) is 0 Å². The summed E-state index contributed by atoms with van der Waals surface area (Å²) in [6.07, 6.45) is 0. The molecule has 2 N–H and O–H groups in total. The molecule has 0 unspecified atom stereocenters. The monoisotopic (exact) mass is 438 g/mol. The van der Waals surface area contributed by atoms with E-state index >= 15 is 0 Å². The van der Waals surface area contributed by atoms with Crippen LogP contribution < -0.4 is 10.1 Å². The molecule has 0 saturated heterocycles. The van der Waals surface area contributed by atoms with E-state index in [1.54, 1.807) is 12.1 Å². The highest BCUT2D eigenvalue weighted by molar-refractivity contribution is 5.96. The number of rotatable bonds is 7.